The summed E-state index contributed by atoms with van der Waals surface area (Å²) >= 11 is 0. The third-order valence-corrected chi connectivity index (χ3v) is 18.0. The molecule has 3 unspecified atom stereocenters. The van der Waals surface area contributed by atoms with Crippen LogP contribution < -0.4 is 0 Å². The number of unbranched alkanes of at least 4 members (excludes halogenated alkanes) is 36. The molecule has 0 saturated carbocycles. The Bertz CT molecular complexity index is 1700. The van der Waals surface area contributed by atoms with Gasteiger partial charge in [0.25, 0.3) is 0 Å². The smallest absolute Gasteiger partial charge is 0.462 e. The van der Waals surface area contributed by atoms with E-state index in [9.17, 15) is 43.2 Å². The van der Waals surface area contributed by atoms with Crippen LogP contribution >= 0.6 is 15.6 Å². The summed E-state index contributed by atoms with van der Waals surface area (Å²) in [7, 11) is -9.89. The van der Waals surface area contributed by atoms with Gasteiger partial charge in [-0.3, -0.25) is 37.3 Å². The second-order valence-electron chi connectivity index (χ2n) is 25.3. The number of phosphoric acid groups is 2. The van der Waals surface area contributed by atoms with E-state index >= 15 is 0 Å². The fourth-order valence-corrected chi connectivity index (χ4v) is 11.8. The van der Waals surface area contributed by atoms with Gasteiger partial charge in [0.2, 0.25) is 0 Å². The lowest BCUT2D eigenvalue weighted by molar-refractivity contribution is -0.161. The maximum atomic E-state index is 13.0. The van der Waals surface area contributed by atoms with Gasteiger partial charge in [0.15, 0.2) is 12.2 Å². The average molecular weight is 1280 g/mol. The zero-order valence-corrected chi connectivity index (χ0v) is 58.1. The molecule has 0 bridgehead atoms. The van der Waals surface area contributed by atoms with Crippen molar-refractivity contribution in [2.45, 2.75) is 362 Å². The van der Waals surface area contributed by atoms with E-state index in [0.717, 1.165) is 108 Å². The lowest BCUT2D eigenvalue weighted by Gasteiger charge is -2.21. The van der Waals surface area contributed by atoms with Crippen molar-refractivity contribution < 1.29 is 80.2 Å². The van der Waals surface area contributed by atoms with E-state index in [-0.39, 0.29) is 25.7 Å². The standard InChI is InChI=1S/C68H132O17P2/c1-7-10-12-14-15-16-17-18-19-20-23-26-29-32-39-45-51-66(71)79-57-64(84-67(72)52-46-40-33-30-27-24-21-22-25-28-31-37-42-48-60(4)5)59-83-87(76,77)81-55-62(69)54-80-86(74,75)82-58-63(56-78-65(70)50-44-36-13-11-8-2)85-68(73)53-47-41-35-34-38-43-49-61(6)9-3/h60-64,69H,7-59H2,1-6H3,(H,74,75)(H,76,77)/t61?,62-,63+,64+/m0/s1. The number of aliphatic hydroxyl groups excluding tert-OH is 1. The largest absolute Gasteiger partial charge is 0.472 e. The number of ether oxygens (including phenoxy) is 4. The van der Waals surface area contributed by atoms with Gasteiger partial charge in [-0.25, -0.2) is 9.13 Å². The molecule has 17 nitrogen and oxygen atoms in total. The number of esters is 4. The van der Waals surface area contributed by atoms with Gasteiger partial charge in [-0.15, -0.1) is 0 Å². The molecule has 0 aliphatic carbocycles. The van der Waals surface area contributed by atoms with Gasteiger partial charge >= 0.3 is 39.5 Å². The summed E-state index contributed by atoms with van der Waals surface area (Å²) in [5.74, 6) is -0.633. The van der Waals surface area contributed by atoms with Crippen LogP contribution in [0.4, 0.5) is 0 Å². The van der Waals surface area contributed by atoms with Crippen molar-refractivity contribution in [2.75, 3.05) is 39.6 Å². The third kappa shape index (κ3) is 61.3. The van der Waals surface area contributed by atoms with Crippen LogP contribution in [0.1, 0.15) is 343 Å². The summed E-state index contributed by atoms with van der Waals surface area (Å²) < 4.78 is 68.0. The number of hydrogen-bond donors (Lipinski definition) is 3. The molecule has 0 spiro atoms. The summed E-state index contributed by atoms with van der Waals surface area (Å²) in [6.07, 6.45) is 44.9. The SMILES string of the molecule is CCCCCCCCCCCCCCCCCCC(=O)OC[C@H](COP(=O)(O)OC[C@@H](O)COP(=O)(O)OC[C@@H](COC(=O)CCCCCCC)OC(=O)CCCCCCCCC(C)CC)OC(=O)CCCCCCCCCCCCCCCC(C)C. The Morgan fingerprint density at radius 3 is 0.874 bits per heavy atom. The fourth-order valence-electron chi connectivity index (χ4n) is 10.2. The summed E-state index contributed by atoms with van der Waals surface area (Å²) in [6.45, 7) is 9.41. The number of carbonyl (C=O) groups is 4. The minimum atomic E-state index is -4.95. The van der Waals surface area contributed by atoms with Crippen molar-refractivity contribution in [3.05, 3.63) is 0 Å². The third-order valence-electron chi connectivity index (χ3n) is 16.1. The number of carbonyl (C=O) groups excluding carboxylic acids is 4. The number of phosphoric ester groups is 2. The molecule has 6 atom stereocenters. The molecule has 516 valence electrons. The first-order chi connectivity index (χ1) is 41.9. The molecule has 19 heteroatoms. The number of rotatable bonds is 67. The molecular formula is C68H132O17P2. The van der Waals surface area contributed by atoms with Crippen molar-refractivity contribution in [3.63, 3.8) is 0 Å². The van der Waals surface area contributed by atoms with Crippen LogP contribution in [0.2, 0.25) is 0 Å². The van der Waals surface area contributed by atoms with E-state index in [0.29, 0.717) is 25.7 Å². The summed E-state index contributed by atoms with van der Waals surface area (Å²) in [4.78, 5) is 72.2. The first-order valence-electron chi connectivity index (χ1n) is 35.5. The number of aliphatic hydroxyl groups is 1. The second-order valence-corrected chi connectivity index (χ2v) is 28.2. The Labute approximate surface area is 530 Å². The molecule has 0 aromatic heterocycles. The van der Waals surface area contributed by atoms with Gasteiger partial charge in [-0.1, -0.05) is 292 Å². The Balaban J connectivity index is 5.16. The molecule has 0 rings (SSSR count). The number of hydrogen-bond acceptors (Lipinski definition) is 15. The first-order valence-corrected chi connectivity index (χ1v) is 38.5. The van der Waals surface area contributed by atoms with Gasteiger partial charge in [0.05, 0.1) is 26.4 Å². The monoisotopic (exact) mass is 1280 g/mol. The molecular weight excluding hydrogens is 1150 g/mol. The quantitative estimate of drug-likeness (QED) is 0.0222. The highest BCUT2D eigenvalue weighted by atomic mass is 31.2. The maximum absolute atomic E-state index is 13.0. The zero-order chi connectivity index (χ0) is 64.3. The van der Waals surface area contributed by atoms with Crippen LogP contribution in [0, 0.1) is 11.8 Å². The van der Waals surface area contributed by atoms with E-state index in [2.05, 4.69) is 41.5 Å². The first kappa shape index (κ1) is 85.1. The molecule has 0 aromatic carbocycles. The average Bonchev–Trinajstić information content (AvgIpc) is 3.65. The molecule has 0 aromatic rings. The molecule has 3 N–H and O–H groups in total. The van der Waals surface area contributed by atoms with Crippen LogP contribution in [-0.4, -0.2) is 96.7 Å². The van der Waals surface area contributed by atoms with E-state index in [4.69, 9.17) is 37.0 Å². The molecule has 0 aliphatic heterocycles. The molecule has 87 heavy (non-hydrogen) atoms. The van der Waals surface area contributed by atoms with E-state index in [1.54, 1.807) is 0 Å². The minimum absolute atomic E-state index is 0.102. The predicted octanol–water partition coefficient (Wildman–Crippen LogP) is 19.2. The van der Waals surface area contributed by atoms with Gasteiger partial charge in [0, 0.05) is 25.7 Å². The van der Waals surface area contributed by atoms with Gasteiger partial charge < -0.3 is 33.8 Å². The van der Waals surface area contributed by atoms with Crippen LogP contribution in [0.15, 0.2) is 0 Å². The predicted molar refractivity (Wildman–Crippen MR) is 349 cm³/mol. The van der Waals surface area contributed by atoms with Crippen molar-refractivity contribution in [1.82, 2.24) is 0 Å². The van der Waals surface area contributed by atoms with Crippen LogP contribution in [0.25, 0.3) is 0 Å². The Hall–Kier alpha value is -1.94. The van der Waals surface area contributed by atoms with E-state index in [1.807, 2.05) is 0 Å². The fraction of sp³-hybridized carbons (Fsp3) is 0.941. The van der Waals surface area contributed by atoms with Gasteiger partial charge in [0.1, 0.15) is 19.3 Å². The van der Waals surface area contributed by atoms with Gasteiger partial charge in [-0.2, -0.15) is 0 Å². The van der Waals surface area contributed by atoms with E-state index in [1.165, 1.54) is 154 Å². The maximum Gasteiger partial charge on any atom is 0.472 e. The molecule has 0 fully saturated rings. The summed E-state index contributed by atoms with van der Waals surface area (Å²) in [5.41, 5.74) is 0. The van der Waals surface area contributed by atoms with Crippen LogP contribution in [0.3, 0.4) is 0 Å². The lowest BCUT2D eigenvalue weighted by Crippen LogP contribution is -2.30. The molecule has 0 aliphatic rings. The van der Waals surface area contributed by atoms with Crippen molar-refractivity contribution >= 4 is 39.5 Å². The summed E-state index contributed by atoms with van der Waals surface area (Å²) in [6, 6.07) is 0. The Kier molecular flexibility index (Phi) is 59.0. The highest BCUT2D eigenvalue weighted by Gasteiger charge is 2.30. The molecule has 0 amide bonds. The molecule has 0 heterocycles. The highest BCUT2D eigenvalue weighted by molar-refractivity contribution is 7.47. The van der Waals surface area contributed by atoms with Crippen LogP contribution in [-0.2, 0) is 65.4 Å². The zero-order valence-electron chi connectivity index (χ0n) is 56.3. The van der Waals surface area contributed by atoms with Gasteiger partial charge in [-0.05, 0) is 37.5 Å². The Morgan fingerprint density at radius 1 is 0.333 bits per heavy atom. The highest BCUT2D eigenvalue weighted by Crippen LogP contribution is 2.45. The topological polar surface area (TPSA) is 237 Å². The van der Waals surface area contributed by atoms with Crippen molar-refractivity contribution in [2.24, 2.45) is 11.8 Å². The van der Waals surface area contributed by atoms with E-state index < -0.39 is 97.5 Å². The lowest BCUT2D eigenvalue weighted by atomic mass is 10.00. The van der Waals surface area contributed by atoms with Crippen molar-refractivity contribution in [1.29, 1.82) is 0 Å². The normalized spacial score (nSPS) is 14.5. The van der Waals surface area contributed by atoms with Crippen LogP contribution in [0.5, 0.6) is 0 Å². The second kappa shape index (κ2) is 60.3. The Morgan fingerprint density at radius 2 is 0.586 bits per heavy atom. The minimum Gasteiger partial charge on any atom is -0.462 e. The summed E-state index contributed by atoms with van der Waals surface area (Å²) in [5, 5.41) is 10.5. The van der Waals surface area contributed by atoms with Crippen molar-refractivity contribution in [3.8, 4) is 0 Å². The molecule has 0 radical (unpaired) electrons. The molecule has 0 saturated heterocycles.